The normalized spacial score (nSPS) is 16.3. The monoisotopic (exact) mass is 742 g/mol. The molecule has 1 atom stereocenters. The zero-order chi connectivity index (χ0) is 36.8. The van der Waals surface area contributed by atoms with Gasteiger partial charge in [0, 0.05) is 64.4 Å². The van der Waals surface area contributed by atoms with Crippen LogP contribution in [0.1, 0.15) is 71.1 Å². The number of rotatable bonds is 13. The molecule has 3 aromatic carbocycles. The third-order valence-electron chi connectivity index (χ3n) is 8.33. The minimum atomic E-state index is -1.44. The number of benzene rings is 3. The molecule has 1 unspecified atom stereocenters. The van der Waals surface area contributed by atoms with Crippen molar-refractivity contribution in [3.63, 3.8) is 0 Å². The zero-order valence-electron chi connectivity index (χ0n) is 30.8. The molecule has 0 aliphatic heterocycles. The van der Waals surface area contributed by atoms with Crippen LogP contribution in [0.5, 0.6) is 17.2 Å². The maximum absolute atomic E-state index is 13.2. The minimum absolute atomic E-state index is 0. The van der Waals surface area contributed by atoms with E-state index in [4.69, 9.17) is 9.62 Å². The number of carbonyl (C=O) groups is 1. The molecular formula is C41H53CoN3O6. The molecule has 0 saturated carbocycles. The molecule has 1 aliphatic carbocycles. The number of methoxy groups -OCH3 is 1. The van der Waals surface area contributed by atoms with E-state index in [-0.39, 0.29) is 39.5 Å². The molecule has 0 heterocycles. The molecule has 10 heteroatoms. The number of phenols is 2. The number of ether oxygens (including phenoxy) is 1. The number of ketones is 1. The van der Waals surface area contributed by atoms with Crippen molar-refractivity contribution < 1.29 is 46.7 Å². The Morgan fingerprint density at radius 2 is 1.33 bits per heavy atom. The molecular weight excluding hydrogens is 689 g/mol. The second-order valence-corrected chi connectivity index (χ2v) is 14.2. The van der Waals surface area contributed by atoms with Crippen molar-refractivity contribution in [2.75, 3.05) is 33.3 Å². The van der Waals surface area contributed by atoms with Gasteiger partial charge in [0.1, 0.15) is 17.2 Å². The van der Waals surface area contributed by atoms with Crippen molar-refractivity contribution in [2.45, 2.75) is 60.0 Å². The van der Waals surface area contributed by atoms with Crippen LogP contribution < -0.4 is 10.1 Å². The molecule has 51 heavy (non-hydrogen) atoms. The van der Waals surface area contributed by atoms with E-state index in [1.807, 2.05) is 96.1 Å². The first-order valence-electron chi connectivity index (χ1n) is 17.0. The molecule has 0 amide bonds. The van der Waals surface area contributed by atoms with Crippen LogP contribution in [0, 0.1) is 10.8 Å². The maximum atomic E-state index is 13.2. The second kappa shape index (κ2) is 20.1. The molecule has 277 valence electrons. The number of nitrogens with one attached hydrogen (secondary N) is 1. The number of aromatic hydroxyl groups is 2. The number of hydrogen-bond donors (Lipinski definition) is 4. The van der Waals surface area contributed by atoms with Crippen molar-refractivity contribution in [1.29, 1.82) is 0 Å². The molecule has 3 aromatic rings. The van der Waals surface area contributed by atoms with Crippen LogP contribution in [0.15, 0.2) is 101 Å². The Kier molecular flexibility index (Phi) is 17.0. The molecule has 0 aromatic heterocycles. The van der Waals surface area contributed by atoms with E-state index in [2.05, 4.69) is 15.3 Å². The smallest absolute Gasteiger partial charge is 0.199 e. The number of aliphatic imine (C=N–C) groups is 2. The van der Waals surface area contributed by atoms with Gasteiger partial charge in [-0.15, -0.1) is 0 Å². The molecule has 0 fully saturated rings. The number of nitrogens with zero attached hydrogens (tertiary/aromatic N) is 2. The summed E-state index contributed by atoms with van der Waals surface area (Å²) in [6.07, 6.45) is 8.93. The van der Waals surface area contributed by atoms with Gasteiger partial charge in [-0.3, -0.25) is 20.0 Å². The summed E-state index contributed by atoms with van der Waals surface area (Å²) in [6.45, 7) is 14.9. The van der Waals surface area contributed by atoms with Crippen molar-refractivity contribution in [2.24, 2.45) is 20.8 Å². The number of Topliss-reactive ketones (excluding diaryl/α,β-unsaturated/α-hetero) is 1. The average Bonchev–Trinajstić information content (AvgIpc) is 3.08. The first kappa shape index (κ1) is 43.1. The maximum Gasteiger partial charge on any atom is 0.199 e. The van der Waals surface area contributed by atoms with Crippen molar-refractivity contribution in [3.8, 4) is 17.2 Å². The summed E-state index contributed by atoms with van der Waals surface area (Å²) in [5.41, 5.74) is 1.39. The van der Waals surface area contributed by atoms with Gasteiger partial charge in [0.15, 0.2) is 11.4 Å². The fourth-order valence-corrected chi connectivity index (χ4v) is 5.27. The Hall–Kier alpha value is -4.06. The molecule has 4 N–H and O–H groups in total. The summed E-state index contributed by atoms with van der Waals surface area (Å²) in [5, 5.41) is 32.4. The first-order chi connectivity index (χ1) is 23.7. The van der Waals surface area contributed by atoms with Crippen LogP contribution in [-0.2, 0) is 26.5 Å². The quantitative estimate of drug-likeness (QED) is 0.0606. The molecule has 0 spiro atoms. The summed E-state index contributed by atoms with van der Waals surface area (Å²) in [6, 6.07) is 22.0. The van der Waals surface area contributed by atoms with Crippen LogP contribution in [0.3, 0.4) is 0 Å². The van der Waals surface area contributed by atoms with Crippen molar-refractivity contribution in [1.82, 2.24) is 5.32 Å². The summed E-state index contributed by atoms with van der Waals surface area (Å²) in [7, 11) is 1.62. The van der Waals surface area contributed by atoms with Gasteiger partial charge in [0.2, 0.25) is 0 Å². The van der Waals surface area contributed by atoms with Crippen molar-refractivity contribution >= 4 is 23.8 Å². The van der Waals surface area contributed by atoms with Crippen LogP contribution in [0.2, 0.25) is 0 Å². The fourth-order valence-electron chi connectivity index (χ4n) is 5.27. The van der Waals surface area contributed by atoms with E-state index in [0.29, 0.717) is 5.57 Å². The Bertz CT molecular complexity index is 1630. The van der Waals surface area contributed by atoms with E-state index in [0.717, 1.165) is 67.0 Å². The first-order valence-corrected chi connectivity index (χ1v) is 17.0. The van der Waals surface area contributed by atoms with Gasteiger partial charge in [-0.2, -0.15) is 0 Å². The van der Waals surface area contributed by atoms with Crippen molar-refractivity contribution in [3.05, 3.63) is 107 Å². The van der Waals surface area contributed by atoms with Gasteiger partial charge in [0.25, 0.3) is 0 Å². The van der Waals surface area contributed by atoms with Gasteiger partial charge in [-0.1, -0.05) is 77.9 Å². The Balaban J connectivity index is 0.000000347. The van der Waals surface area contributed by atoms with E-state index in [1.54, 1.807) is 49.9 Å². The Morgan fingerprint density at radius 3 is 1.78 bits per heavy atom. The fraction of sp³-hybridized carbons (Fsp3) is 0.390. The van der Waals surface area contributed by atoms with E-state index < -0.39 is 11.0 Å². The molecule has 9 nitrogen and oxygen atoms in total. The van der Waals surface area contributed by atoms with Crippen LogP contribution >= 0.6 is 0 Å². The molecule has 4 rings (SSSR count). The largest absolute Gasteiger partial charge is 0.507 e. The molecule has 1 aliphatic rings. The van der Waals surface area contributed by atoms with E-state index in [9.17, 15) is 20.3 Å². The molecule has 0 saturated heterocycles. The van der Waals surface area contributed by atoms with Crippen LogP contribution in [0.25, 0.3) is 5.57 Å². The Morgan fingerprint density at radius 1 is 0.804 bits per heavy atom. The molecule has 0 bridgehead atoms. The predicted octanol–water partition coefficient (Wildman–Crippen LogP) is 7.91. The summed E-state index contributed by atoms with van der Waals surface area (Å²) >= 11 is 0. The minimum Gasteiger partial charge on any atom is -0.507 e. The average molecular weight is 743 g/mol. The standard InChI is InChI=1S/C21H28O4.C20H25N3O2.Co/c1-19(2,3)17-12-15(14-9-8-10-16(11-14)24-7)13-21(25-23,18(17)22)20(4,5)6;24-19-9-3-1-7-17(19)15-22-13-5-11-21-12-6-14-23-16-18-8-2-4-10-20(18)25;/h8-13,23H,1-7H3;1-4,7-10,15-16,21,24-25H,5-6,11-14H2;. The Labute approximate surface area is 313 Å². The third kappa shape index (κ3) is 12.3. The topological polar surface area (TPSA) is 133 Å². The number of para-hydroxylation sites is 2. The number of phenolic OH excluding ortho intramolecular Hbond substituents is 2. The van der Waals surface area contributed by atoms with Gasteiger partial charge in [0.05, 0.1) is 7.11 Å². The number of carbonyl (C=O) groups excluding carboxylic acids is 1. The second-order valence-electron chi connectivity index (χ2n) is 14.2. The van der Waals surface area contributed by atoms with Gasteiger partial charge >= 0.3 is 0 Å². The van der Waals surface area contributed by atoms with Gasteiger partial charge in [-0.25, -0.2) is 4.89 Å². The summed E-state index contributed by atoms with van der Waals surface area (Å²) in [4.78, 5) is 26.8. The van der Waals surface area contributed by atoms with Gasteiger partial charge in [-0.05, 0) is 91.0 Å². The SMILES string of the molecule is COc1cccc(C2=CC(OO)(C(C)(C)C)C(=O)C(C(C)(C)C)=C2)c1.Oc1ccccc1C=NCCCNCCCN=Cc1ccccc1O.[Co]. The van der Waals surface area contributed by atoms with Gasteiger partial charge < -0.3 is 20.3 Å². The number of hydrogen-bond acceptors (Lipinski definition) is 9. The van der Waals surface area contributed by atoms with Crippen LogP contribution in [0.4, 0.5) is 0 Å². The van der Waals surface area contributed by atoms with E-state index >= 15 is 0 Å². The van der Waals surface area contributed by atoms with E-state index in [1.165, 1.54) is 0 Å². The molecule has 1 radical (unpaired) electrons. The summed E-state index contributed by atoms with van der Waals surface area (Å²) < 4.78 is 5.31. The predicted molar refractivity (Wildman–Crippen MR) is 203 cm³/mol. The summed E-state index contributed by atoms with van der Waals surface area (Å²) in [5.74, 6) is 1.04. The van der Waals surface area contributed by atoms with Crippen LogP contribution in [-0.4, -0.2) is 72.6 Å². The number of allylic oxidation sites excluding steroid dienone is 2. The third-order valence-corrected chi connectivity index (χ3v) is 8.33. The zero-order valence-corrected chi connectivity index (χ0v) is 31.8.